The highest BCUT2D eigenvalue weighted by atomic mass is 32.2. The van der Waals surface area contributed by atoms with Crippen LogP contribution in [0.2, 0.25) is 0 Å². The quantitative estimate of drug-likeness (QED) is 0.907. The normalized spacial score (nSPS) is 11.7. The summed E-state index contributed by atoms with van der Waals surface area (Å²) in [6.07, 6.45) is 1.39. The fraction of sp³-hybridized carbons (Fsp3) is 0.250. The molecule has 2 aromatic rings. The maximum absolute atomic E-state index is 12.9. The van der Waals surface area contributed by atoms with Gasteiger partial charge >= 0.3 is 0 Å². The Kier molecular flexibility index (Phi) is 3.96. The highest BCUT2D eigenvalue weighted by Gasteiger charge is 2.15. The minimum absolute atomic E-state index is 0.0387. The number of aryl methyl sites for hydroxylation is 1. The molecule has 1 aromatic heterocycles. The lowest BCUT2D eigenvalue weighted by molar-refractivity contribution is 0.413. The van der Waals surface area contributed by atoms with Crippen LogP contribution >= 0.6 is 0 Å². The Labute approximate surface area is 110 Å². The van der Waals surface area contributed by atoms with E-state index in [0.29, 0.717) is 16.8 Å². The Morgan fingerprint density at radius 3 is 2.84 bits per heavy atom. The first-order valence-corrected chi connectivity index (χ1v) is 7.23. The number of hydrogen-bond acceptors (Lipinski definition) is 4. The van der Waals surface area contributed by atoms with Crippen molar-refractivity contribution in [2.24, 2.45) is 0 Å². The third-order valence-electron chi connectivity index (χ3n) is 2.56. The summed E-state index contributed by atoms with van der Waals surface area (Å²) in [5.41, 5.74) is 1.60. The van der Waals surface area contributed by atoms with Crippen LogP contribution in [0.25, 0.3) is 0 Å². The van der Waals surface area contributed by atoms with Crippen LogP contribution in [0.4, 0.5) is 4.39 Å². The van der Waals surface area contributed by atoms with Crippen LogP contribution in [-0.4, -0.2) is 13.6 Å². The number of sulfonamides is 1. The molecule has 5 nitrogen and oxygen atoms in total. The predicted molar refractivity (Wildman–Crippen MR) is 67.1 cm³/mol. The topological polar surface area (TPSA) is 72.2 Å². The molecule has 0 saturated carbocycles. The van der Waals surface area contributed by atoms with E-state index >= 15 is 0 Å². The van der Waals surface area contributed by atoms with E-state index in [-0.39, 0.29) is 12.3 Å². The Morgan fingerprint density at radius 1 is 1.42 bits per heavy atom. The molecule has 1 aromatic carbocycles. The molecule has 0 aliphatic rings. The highest BCUT2D eigenvalue weighted by Crippen LogP contribution is 2.09. The Morgan fingerprint density at radius 2 is 2.21 bits per heavy atom. The molecule has 0 unspecified atom stereocenters. The summed E-state index contributed by atoms with van der Waals surface area (Å²) < 4.78 is 43.7. The number of nitrogens with one attached hydrogen (secondary N) is 1. The SMILES string of the molecule is Cc1conc1CS(=O)(=O)NCc1cccc(F)c1. The number of halogens is 1. The van der Waals surface area contributed by atoms with E-state index in [1.165, 1.54) is 24.5 Å². The van der Waals surface area contributed by atoms with Crippen LogP contribution in [0.3, 0.4) is 0 Å². The molecule has 7 heteroatoms. The van der Waals surface area contributed by atoms with Crippen molar-refractivity contribution in [3.05, 3.63) is 53.2 Å². The van der Waals surface area contributed by atoms with Crippen LogP contribution in [0, 0.1) is 12.7 Å². The molecule has 0 aliphatic carbocycles. The Bertz CT molecular complexity index is 667. The van der Waals surface area contributed by atoms with Gasteiger partial charge in [-0.15, -0.1) is 0 Å². The second-order valence-corrected chi connectivity index (χ2v) is 5.96. The van der Waals surface area contributed by atoms with Crippen molar-refractivity contribution >= 4 is 10.0 Å². The number of aromatic nitrogens is 1. The zero-order valence-corrected chi connectivity index (χ0v) is 11.1. The number of nitrogens with zero attached hydrogens (tertiary/aromatic N) is 1. The van der Waals surface area contributed by atoms with Gasteiger partial charge in [0.2, 0.25) is 10.0 Å². The predicted octanol–water partition coefficient (Wildman–Crippen LogP) is 1.74. The van der Waals surface area contributed by atoms with Crippen molar-refractivity contribution in [1.29, 1.82) is 0 Å². The van der Waals surface area contributed by atoms with Crippen molar-refractivity contribution < 1.29 is 17.3 Å². The number of hydrogen-bond donors (Lipinski definition) is 1. The van der Waals surface area contributed by atoms with E-state index in [0.717, 1.165) is 0 Å². The van der Waals surface area contributed by atoms with Crippen LogP contribution in [0.1, 0.15) is 16.8 Å². The van der Waals surface area contributed by atoms with Crippen LogP contribution < -0.4 is 4.72 Å². The van der Waals surface area contributed by atoms with E-state index in [1.54, 1.807) is 13.0 Å². The Hall–Kier alpha value is -1.73. The lowest BCUT2D eigenvalue weighted by Crippen LogP contribution is -2.25. The maximum Gasteiger partial charge on any atom is 0.217 e. The van der Waals surface area contributed by atoms with Crippen molar-refractivity contribution in [1.82, 2.24) is 9.88 Å². The molecule has 0 amide bonds. The summed E-state index contributed by atoms with van der Waals surface area (Å²) in [5.74, 6) is -0.658. The summed E-state index contributed by atoms with van der Waals surface area (Å²) in [7, 11) is -3.53. The average molecular weight is 284 g/mol. The van der Waals surface area contributed by atoms with E-state index in [1.807, 2.05) is 0 Å². The van der Waals surface area contributed by atoms with Gasteiger partial charge in [0, 0.05) is 12.1 Å². The van der Waals surface area contributed by atoms with E-state index < -0.39 is 15.8 Å². The molecule has 2 rings (SSSR count). The molecule has 19 heavy (non-hydrogen) atoms. The second kappa shape index (κ2) is 5.50. The van der Waals surface area contributed by atoms with Gasteiger partial charge in [0.1, 0.15) is 23.5 Å². The minimum Gasteiger partial charge on any atom is -0.364 e. The average Bonchev–Trinajstić information content (AvgIpc) is 2.72. The monoisotopic (exact) mass is 284 g/mol. The van der Waals surface area contributed by atoms with Crippen molar-refractivity contribution in [2.45, 2.75) is 19.2 Å². The first-order valence-electron chi connectivity index (χ1n) is 5.58. The van der Waals surface area contributed by atoms with Gasteiger partial charge in [0.05, 0.1) is 0 Å². The fourth-order valence-corrected chi connectivity index (χ4v) is 2.65. The van der Waals surface area contributed by atoms with Crippen molar-refractivity contribution in [2.75, 3.05) is 0 Å². The molecule has 0 saturated heterocycles. The molecule has 0 bridgehead atoms. The summed E-state index contributed by atoms with van der Waals surface area (Å²) in [6.45, 7) is 1.75. The zero-order chi connectivity index (χ0) is 13.9. The van der Waals surface area contributed by atoms with E-state index in [9.17, 15) is 12.8 Å². The summed E-state index contributed by atoms with van der Waals surface area (Å²) in [4.78, 5) is 0. The second-order valence-electron chi connectivity index (χ2n) is 4.15. The maximum atomic E-state index is 12.9. The van der Waals surface area contributed by atoms with Gasteiger partial charge in [-0.1, -0.05) is 17.3 Å². The fourth-order valence-electron chi connectivity index (χ4n) is 1.52. The van der Waals surface area contributed by atoms with Crippen LogP contribution in [0.5, 0.6) is 0 Å². The van der Waals surface area contributed by atoms with Gasteiger partial charge in [0.25, 0.3) is 0 Å². The zero-order valence-electron chi connectivity index (χ0n) is 10.3. The van der Waals surface area contributed by atoms with Gasteiger partial charge in [-0.25, -0.2) is 17.5 Å². The van der Waals surface area contributed by atoms with Gasteiger partial charge in [-0.05, 0) is 24.6 Å². The molecule has 0 aliphatic heterocycles. The first kappa shape index (κ1) is 13.7. The molecular weight excluding hydrogens is 271 g/mol. The minimum atomic E-state index is -3.53. The molecule has 1 heterocycles. The molecule has 0 radical (unpaired) electrons. The third kappa shape index (κ3) is 3.87. The Balaban J connectivity index is 2.00. The van der Waals surface area contributed by atoms with Crippen LogP contribution in [-0.2, 0) is 22.3 Å². The number of benzene rings is 1. The standard InChI is InChI=1S/C12H13FN2O3S/c1-9-7-18-15-12(9)8-19(16,17)14-6-10-3-2-4-11(13)5-10/h2-5,7,14H,6,8H2,1H3. The van der Waals surface area contributed by atoms with Gasteiger partial charge in [-0.3, -0.25) is 0 Å². The van der Waals surface area contributed by atoms with Crippen molar-refractivity contribution in [3.8, 4) is 0 Å². The molecule has 102 valence electrons. The van der Waals surface area contributed by atoms with Gasteiger partial charge in [-0.2, -0.15) is 0 Å². The van der Waals surface area contributed by atoms with Crippen molar-refractivity contribution in [3.63, 3.8) is 0 Å². The van der Waals surface area contributed by atoms with E-state index in [2.05, 4.69) is 14.4 Å². The summed E-state index contributed by atoms with van der Waals surface area (Å²) >= 11 is 0. The molecule has 1 N–H and O–H groups in total. The van der Waals surface area contributed by atoms with Gasteiger partial charge < -0.3 is 4.52 Å². The molecule has 0 spiro atoms. The highest BCUT2D eigenvalue weighted by molar-refractivity contribution is 7.88. The van der Waals surface area contributed by atoms with E-state index in [4.69, 9.17) is 0 Å². The summed E-state index contributed by atoms with van der Waals surface area (Å²) in [6, 6.07) is 5.76. The third-order valence-corrected chi connectivity index (χ3v) is 3.80. The molecular formula is C12H13FN2O3S. The number of rotatable bonds is 5. The lowest BCUT2D eigenvalue weighted by atomic mass is 10.2. The van der Waals surface area contributed by atoms with Crippen LogP contribution in [0.15, 0.2) is 35.1 Å². The lowest BCUT2D eigenvalue weighted by Gasteiger charge is -2.05. The molecule has 0 fully saturated rings. The van der Waals surface area contributed by atoms with Gasteiger partial charge in [0.15, 0.2) is 0 Å². The first-order chi connectivity index (χ1) is 8.96. The largest absolute Gasteiger partial charge is 0.364 e. The summed E-state index contributed by atoms with van der Waals surface area (Å²) in [5, 5.41) is 3.62. The smallest absolute Gasteiger partial charge is 0.217 e. The molecule has 0 atom stereocenters.